The van der Waals surface area contributed by atoms with Crippen LogP contribution in [0.1, 0.15) is 55.7 Å². The Hall–Kier alpha value is -3.33. The van der Waals surface area contributed by atoms with Gasteiger partial charge >= 0.3 is 0 Å². The van der Waals surface area contributed by atoms with Crippen molar-refractivity contribution < 1.29 is 18.5 Å². The van der Waals surface area contributed by atoms with Crippen molar-refractivity contribution in [3.63, 3.8) is 0 Å². The fourth-order valence-electron chi connectivity index (χ4n) is 3.06. The number of aromatic nitrogens is 3. The molecule has 1 aliphatic carbocycles. The smallest absolute Gasteiger partial charge is 0.292 e. The topological polar surface area (TPSA) is 110 Å². The van der Waals surface area contributed by atoms with Crippen LogP contribution in [0.25, 0.3) is 11.1 Å². The lowest BCUT2D eigenvalue weighted by atomic mass is 9.97. The maximum absolute atomic E-state index is 15.1. The number of benzene rings is 1. The van der Waals surface area contributed by atoms with Gasteiger partial charge in [-0.3, -0.25) is 9.59 Å². The highest BCUT2D eigenvalue weighted by atomic mass is 35.5. The monoisotopic (exact) mass is 471 g/mol. The van der Waals surface area contributed by atoms with Gasteiger partial charge in [-0.2, -0.15) is 4.98 Å². The van der Waals surface area contributed by atoms with E-state index in [0.29, 0.717) is 22.8 Å². The van der Waals surface area contributed by atoms with Crippen LogP contribution in [-0.4, -0.2) is 26.9 Å². The van der Waals surface area contributed by atoms with Crippen molar-refractivity contribution in [2.75, 3.05) is 5.32 Å². The van der Waals surface area contributed by atoms with E-state index in [-0.39, 0.29) is 40.2 Å². The Morgan fingerprint density at radius 3 is 2.67 bits per heavy atom. The number of carbonyl (C=O) groups is 2. The largest absolute Gasteiger partial charge is 0.345 e. The van der Waals surface area contributed by atoms with E-state index in [0.717, 1.165) is 12.8 Å². The van der Waals surface area contributed by atoms with Crippen LogP contribution < -0.4 is 10.6 Å². The first-order valence-corrected chi connectivity index (χ1v) is 10.9. The van der Waals surface area contributed by atoms with Gasteiger partial charge in [-0.1, -0.05) is 49.7 Å². The lowest BCUT2D eigenvalue weighted by Gasteiger charge is -2.11. The molecule has 172 valence electrons. The molecule has 0 spiro atoms. The summed E-state index contributed by atoms with van der Waals surface area (Å²) in [6.07, 6.45) is 3.24. The number of pyridine rings is 1. The summed E-state index contributed by atoms with van der Waals surface area (Å²) in [5, 5.41) is 8.94. The predicted molar refractivity (Wildman–Crippen MR) is 120 cm³/mol. The van der Waals surface area contributed by atoms with Crippen molar-refractivity contribution in [1.82, 2.24) is 20.4 Å². The van der Waals surface area contributed by atoms with Crippen LogP contribution in [0.4, 0.5) is 10.2 Å². The molecule has 0 atom stereocenters. The molecule has 0 unspecified atom stereocenters. The first-order chi connectivity index (χ1) is 15.6. The number of amides is 2. The zero-order valence-corrected chi connectivity index (χ0v) is 19.2. The Labute approximate surface area is 194 Å². The third kappa shape index (κ3) is 5.19. The zero-order chi connectivity index (χ0) is 23.8. The molecule has 10 heteroatoms. The highest BCUT2D eigenvalue weighted by molar-refractivity contribution is 6.31. The molecular formula is C23H23ClFN5O3. The second kappa shape index (κ2) is 8.90. The second-order valence-corrected chi connectivity index (χ2v) is 9.33. The van der Waals surface area contributed by atoms with Gasteiger partial charge in [0.2, 0.25) is 11.8 Å². The van der Waals surface area contributed by atoms with E-state index in [2.05, 4.69) is 25.8 Å². The quantitative estimate of drug-likeness (QED) is 0.547. The number of halogens is 2. The fourth-order valence-corrected chi connectivity index (χ4v) is 3.30. The summed E-state index contributed by atoms with van der Waals surface area (Å²) in [4.78, 5) is 32.5. The summed E-state index contributed by atoms with van der Waals surface area (Å²) >= 11 is 6.25. The molecule has 3 aromatic rings. The summed E-state index contributed by atoms with van der Waals surface area (Å²) in [5.74, 6) is -0.657. The van der Waals surface area contributed by atoms with E-state index in [1.54, 1.807) is 24.3 Å². The van der Waals surface area contributed by atoms with Crippen molar-refractivity contribution in [3.05, 3.63) is 58.6 Å². The van der Waals surface area contributed by atoms with E-state index in [4.69, 9.17) is 16.1 Å². The minimum Gasteiger partial charge on any atom is -0.345 e. The molecule has 1 aromatic carbocycles. The van der Waals surface area contributed by atoms with Gasteiger partial charge in [-0.05, 0) is 36.1 Å². The van der Waals surface area contributed by atoms with Crippen LogP contribution in [0, 0.1) is 11.7 Å². The van der Waals surface area contributed by atoms with Crippen molar-refractivity contribution in [1.29, 1.82) is 0 Å². The second-order valence-electron chi connectivity index (χ2n) is 8.95. The first kappa shape index (κ1) is 22.8. The van der Waals surface area contributed by atoms with Crippen molar-refractivity contribution in [2.24, 2.45) is 5.92 Å². The highest BCUT2D eigenvalue weighted by Gasteiger charge is 2.30. The summed E-state index contributed by atoms with van der Waals surface area (Å²) in [6.45, 7) is 5.64. The lowest BCUT2D eigenvalue weighted by molar-refractivity contribution is -0.117. The third-order valence-electron chi connectivity index (χ3n) is 5.14. The fraction of sp³-hybridized carbons (Fsp3) is 0.348. The number of nitrogens with one attached hydrogen (secondary N) is 2. The number of hydrogen-bond donors (Lipinski definition) is 2. The SMILES string of the molecule is CC(C)(C)c1nc(C(=O)NCc2ccc(-c3ccnc(NC(=O)C4CC4)c3)c(F)c2Cl)no1. The normalized spacial score (nSPS) is 13.6. The first-order valence-electron chi connectivity index (χ1n) is 10.5. The Bertz CT molecular complexity index is 1220. The summed E-state index contributed by atoms with van der Waals surface area (Å²) in [6, 6.07) is 6.42. The summed E-state index contributed by atoms with van der Waals surface area (Å²) < 4.78 is 20.2. The molecule has 1 saturated carbocycles. The molecule has 0 radical (unpaired) electrons. The molecule has 33 heavy (non-hydrogen) atoms. The molecule has 0 bridgehead atoms. The number of nitrogens with zero attached hydrogens (tertiary/aromatic N) is 3. The molecule has 1 fully saturated rings. The average Bonchev–Trinajstić information content (AvgIpc) is 3.49. The zero-order valence-electron chi connectivity index (χ0n) is 18.4. The average molecular weight is 472 g/mol. The Morgan fingerprint density at radius 2 is 2.00 bits per heavy atom. The van der Waals surface area contributed by atoms with Gasteiger partial charge in [0.05, 0.1) is 5.02 Å². The van der Waals surface area contributed by atoms with E-state index in [1.165, 1.54) is 6.20 Å². The van der Waals surface area contributed by atoms with Crippen LogP contribution in [0.2, 0.25) is 5.02 Å². The molecule has 2 amide bonds. The van der Waals surface area contributed by atoms with Crippen LogP contribution in [-0.2, 0) is 16.8 Å². The maximum atomic E-state index is 15.1. The Balaban J connectivity index is 1.47. The van der Waals surface area contributed by atoms with Crippen molar-refractivity contribution in [3.8, 4) is 11.1 Å². The molecular weight excluding hydrogens is 449 g/mol. The number of carbonyl (C=O) groups excluding carboxylic acids is 2. The van der Waals surface area contributed by atoms with Gasteiger partial charge < -0.3 is 15.2 Å². The third-order valence-corrected chi connectivity index (χ3v) is 5.55. The highest BCUT2D eigenvalue weighted by Crippen LogP contribution is 2.33. The van der Waals surface area contributed by atoms with Crippen molar-refractivity contribution in [2.45, 2.75) is 45.6 Å². The number of rotatable bonds is 6. The van der Waals surface area contributed by atoms with E-state index in [1.807, 2.05) is 20.8 Å². The molecule has 0 saturated heterocycles. The minimum atomic E-state index is -0.635. The standard InChI is InChI=1S/C23H23ClFN5O3/c1-23(2,3)22-29-19(30-33-22)21(32)27-11-14-6-7-15(18(25)17(14)24)13-8-9-26-16(10-13)28-20(31)12-4-5-12/h6-10,12H,4-5,11H2,1-3H3,(H,27,32)(H,26,28,31). The van der Waals surface area contributed by atoms with Gasteiger partial charge in [0.1, 0.15) is 11.6 Å². The van der Waals surface area contributed by atoms with Gasteiger partial charge in [0.25, 0.3) is 11.7 Å². The van der Waals surface area contributed by atoms with E-state index in [9.17, 15) is 9.59 Å². The predicted octanol–water partition coefficient (Wildman–Crippen LogP) is 4.50. The van der Waals surface area contributed by atoms with Crippen LogP contribution >= 0.6 is 11.6 Å². The molecule has 1 aliphatic rings. The summed E-state index contributed by atoms with van der Waals surface area (Å²) in [7, 11) is 0. The van der Waals surface area contributed by atoms with Gasteiger partial charge in [-0.15, -0.1) is 0 Å². The molecule has 2 aromatic heterocycles. The molecule has 2 heterocycles. The lowest BCUT2D eigenvalue weighted by Crippen LogP contribution is -2.24. The molecule has 4 rings (SSSR count). The molecule has 2 N–H and O–H groups in total. The van der Waals surface area contributed by atoms with Crippen LogP contribution in [0.15, 0.2) is 35.0 Å². The van der Waals surface area contributed by atoms with Gasteiger partial charge in [0.15, 0.2) is 0 Å². The number of hydrogen-bond acceptors (Lipinski definition) is 6. The molecule has 0 aliphatic heterocycles. The Kier molecular flexibility index (Phi) is 6.16. The number of anilines is 1. The van der Waals surface area contributed by atoms with Crippen molar-refractivity contribution >= 4 is 29.2 Å². The molecule has 8 nitrogen and oxygen atoms in total. The minimum absolute atomic E-state index is 0.0205. The maximum Gasteiger partial charge on any atom is 0.292 e. The van der Waals surface area contributed by atoms with E-state index < -0.39 is 11.7 Å². The van der Waals surface area contributed by atoms with E-state index >= 15 is 4.39 Å². The summed E-state index contributed by atoms with van der Waals surface area (Å²) in [5.41, 5.74) is 0.781. The van der Waals surface area contributed by atoms with Gasteiger partial charge in [-0.25, -0.2) is 9.37 Å². The Morgan fingerprint density at radius 1 is 1.24 bits per heavy atom. The van der Waals surface area contributed by atoms with Crippen LogP contribution in [0.5, 0.6) is 0 Å². The van der Waals surface area contributed by atoms with Gasteiger partial charge in [0, 0.05) is 29.6 Å². The van der Waals surface area contributed by atoms with Crippen LogP contribution in [0.3, 0.4) is 0 Å².